The van der Waals surface area contributed by atoms with Gasteiger partial charge in [-0.1, -0.05) is 0 Å². The Morgan fingerprint density at radius 2 is 1.54 bits per heavy atom. The number of halogens is 4. The molecule has 16 heteroatoms. The number of ether oxygens (including phenoxy) is 2. The Morgan fingerprint density at radius 3 is 2.08 bits per heavy atom. The van der Waals surface area contributed by atoms with E-state index in [1.165, 1.54) is 0 Å². The number of fused-ring (bicyclic) bond motifs is 1. The summed E-state index contributed by atoms with van der Waals surface area (Å²) in [4.78, 5) is 26.4. The second-order valence-electron chi connectivity index (χ2n) is 12.3. The maximum absolute atomic E-state index is 13.8. The van der Waals surface area contributed by atoms with Gasteiger partial charge in [0, 0.05) is 11.8 Å². The largest absolute Gasteiger partial charge is 0.743 e. The lowest BCUT2D eigenvalue weighted by atomic mass is 9.49. The van der Waals surface area contributed by atoms with Crippen molar-refractivity contribution < 1.29 is 62.2 Å². The number of carbonyl (C=O) groups excluding carboxylic acids is 2. The van der Waals surface area contributed by atoms with Gasteiger partial charge in [-0.2, -0.15) is 26.0 Å². The third-order valence-corrected chi connectivity index (χ3v) is 12.6. The molecule has 1 saturated heterocycles. The molecule has 0 aromatic heterocycles. The molecule has 7 aliphatic rings. The molecule has 7 fully saturated rings. The number of esters is 2. The van der Waals surface area contributed by atoms with E-state index < -0.39 is 97.0 Å². The first kappa shape index (κ1) is 27.6. The summed E-state index contributed by atoms with van der Waals surface area (Å²) in [5, 5.41) is -7.32. The average molecular weight is 604 g/mol. The summed E-state index contributed by atoms with van der Waals surface area (Å²) < 4.78 is 127. The SMILES string of the molecule is O=C(OCCC(F)(F)C(F)(F)S(=O)(=O)[O-])C1C2CC3C(OS(=O)(=O)C31)C2OC(=O)C12CC3CC(CC(C3)C1)C2. The molecule has 0 radical (unpaired) electrons. The third-order valence-electron chi connectivity index (χ3n) is 9.91. The summed E-state index contributed by atoms with van der Waals surface area (Å²) in [6, 6.07) is 0. The fourth-order valence-electron chi connectivity index (χ4n) is 8.77. The molecule has 1 aliphatic heterocycles. The normalized spacial score (nSPS) is 43.6. The first-order chi connectivity index (χ1) is 18.0. The van der Waals surface area contributed by atoms with Crippen LogP contribution in [0, 0.1) is 40.9 Å². The summed E-state index contributed by atoms with van der Waals surface area (Å²) in [5.41, 5.74) is -0.665. The molecule has 6 atom stereocenters. The summed E-state index contributed by atoms with van der Waals surface area (Å²) in [5.74, 6) is -8.80. The van der Waals surface area contributed by atoms with Crippen LogP contribution in [0.25, 0.3) is 0 Å². The van der Waals surface area contributed by atoms with E-state index in [9.17, 15) is 48.5 Å². The zero-order chi connectivity index (χ0) is 28.3. The molecule has 6 bridgehead atoms. The Kier molecular flexibility index (Phi) is 6.03. The lowest BCUT2D eigenvalue weighted by Gasteiger charge is -2.55. The Bertz CT molecular complexity index is 1260. The van der Waals surface area contributed by atoms with Crippen molar-refractivity contribution in [3.05, 3.63) is 0 Å². The molecule has 6 aliphatic carbocycles. The van der Waals surface area contributed by atoms with E-state index in [0.29, 0.717) is 37.0 Å². The molecule has 0 aromatic rings. The van der Waals surface area contributed by atoms with Gasteiger partial charge in [-0.3, -0.25) is 13.8 Å². The van der Waals surface area contributed by atoms with Crippen LogP contribution in [0.1, 0.15) is 51.4 Å². The van der Waals surface area contributed by atoms with Crippen molar-refractivity contribution in [1.82, 2.24) is 0 Å². The second kappa shape index (κ2) is 8.51. The fraction of sp³-hybridized carbons (Fsp3) is 0.913. The molecule has 0 amide bonds. The smallest absolute Gasteiger partial charge is 0.396 e. The second-order valence-corrected chi connectivity index (χ2v) is 15.4. The highest BCUT2D eigenvalue weighted by atomic mass is 32.2. The van der Waals surface area contributed by atoms with Crippen molar-refractivity contribution in [2.75, 3.05) is 6.61 Å². The van der Waals surface area contributed by atoms with Crippen molar-refractivity contribution in [3.8, 4) is 0 Å². The van der Waals surface area contributed by atoms with E-state index in [1.807, 2.05) is 0 Å². The van der Waals surface area contributed by atoms with Gasteiger partial charge in [0.05, 0.1) is 24.4 Å². The fourth-order valence-corrected chi connectivity index (χ4v) is 11.3. The molecule has 220 valence electrons. The Labute approximate surface area is 222 Å². The topological polar surface area (TPSA) is 153 Å². The Balaban J connectivity index is 1.16. The van der Waals surface area contributed by atoms with Crippen LogP contribution in [0.4, 0.5) is 17.6 Å². The van der Waals surface area contributed by atoms with E-state index in [0.717, 1.165) is 19.3 Å². The monoisotopic (exact) mass is 603 g/mol. The number of rotatable bonds is 8. The Hall–Kier alpha value is -1.52. The van der Waals surface area contributed by atoms with E-state index in [-0.39, 0.29) is 6.42 Å². The highest BCUT2D eigenvalue weighted by molar-refractivity contribution is 7.87. The molecular weight excluding hydrogens is 576 g/mol. The molecule has 6 unspecified atom stereocenters. The van der Waals surface area contributed by atoms with E-state index >= 15 is 0 Å². The van der Waals surface area contributed by atoms with Gasteiger partial charge in [0.2, 0.25) is 0 Å². The van der Waals surface area contributed by atoms with Gasteiger partial charge in [-0.25, -0.2) is 8.42 Å². The maximum Gasteiger partial charge on any atom is 0.396 e. The highest BCUT2D eigenvalue weighted by Gasteiger charge is 2.72. The summed E-state index contributed by atoms with van der Waals surface area (Å²) in [6.45, 7) is -1.40. The van der Waals surface area contributed by atoms with Crippen LogP contribution in [0.15, 0.2) is 0 Å². The summed E-state index contributed by atoms with van der Waals surface area (Å²) >= 11 is 0. The number of carbonyl (C=O) groups is 2. The number of alkyl halides is 4. The van der Waals surface area contributed by atoms with Gasteiger partial charge in [-0.05, 0) is 62.7 Å². The van der Waals surface area contributed by atoms with Crippen molar-refractivity contribution in [3.63, 3.8) is 0 Å². The van der Waals surface area contributed by atoms with Gasteiger partial charge in [0.25, 0.3) is 10.1 Å². The zero-order valence-electron chi connectivity index (χ0n) is 20.5. The first-order valence-corrected chi connectivity index (χ1v) is 15.8. The zero-order valence-corrected chi connectivity index (χ0v) is 22.1. The third kappa shape index (κ3) is 4.05. The van der Waals surface area contributed by atoms with Crippen molar-refractivity contribution in [2.24, 2.45) is 40.9 Å². The van der Waals surface area contributed by atoms with Gasteiger partial charge in [0.15, 0.2) is 10.1 Å². The van der Waals surface area contributed by atoms with Crippen molar-refractivity contribution >= 4 is 32.2 Å². The van der Waals surface area contributed by atoms with Gasteiger partial charge in [0.1, 0.15) is 17.5 Å². The molecule has 0 spiro atoms. The quantitative estimate of drug-likeness (QED) is 0.175. The van der Waals surface area contributed by atoms with E-state index in [2.05, 4.69) is 0 Å². The van der Waals surface area contributed by atoms with Crippen LogP contribution in [0.2, 0.25) is 0 Å². The highest BCUT2D eigenvalue weighted by Crippen LogP contribution is 2.62. The molecule has 1 heterocycles. The van der Waals surface area contributed by atoms with Crippen LogP contribution in [-0.2, 0) is 43.5 Å². The summed E-state index contributed by atoms with van der Waals surface area (Å²) in [6.07, 6.45) is 1.36. The lowest BCUT2D eigenvalue weighted by Crippen LogP contribution is -2.53. The minimum absolute atomic E-state index is 0.135. The van der Waals surface area contributed by atoms with Gasteiger partial charge < -0.3 is 14.0 Å². The maximum atomic E-state index is 13.8. The predicted octanol–water partition coefficient (Wildman–Crippen LogP) is 2.18. The van der Waals surface area contributed by atoms with Crippen LogP contribution < -0.4 is 0 Å². The van der Waals surface area contributed by atoms with E-state index in [1.54, 1.807) is 0 Å². The van der Waals surface area contributed by atoms with Gasteiger partial charge in [-0.15, -0.1) is 0 Å². The molecule has 39 heavy (non-hydrogen) atoms. The minimum atomic E-state index is -6.71. The van der Waals surface area contributed by atoms with E-state index in [4.69, 9.17) is 13.7 Å². The summed E-state index contributed by atoms with van der Waals surface area (Å²) in [7, 11) is -11.0. The van der Waals surface area contributed by atoms with Crippen LogP contribution in [-0.4, -0.2) is 68.6 Å². The molecule has 6 saturated carbocycles. The van der Waals surface area contributed by atoms with Crippen LogP contribution in [0.5, 0.6) is 0 Å². The minimum Gasteiger partial charge on any atom is -0.743 e. The first-order valence-electron chi connectivity index (χ1n) is 13.0. The number of hydrogen-bond donors (Lipinski definition) is 0. The lowest BCUT2D eigenvalue weighted by molar-refractivity contribution is -0.187. The van der Waals surface area contributed by atoms with Crippen molar-refractivity contribution in [2.45, 2.75) is 80.0 Å². The van der Waals surface area contributed by atoms with Crippen LogP contribution in [0.3, 0.4) is 0 Å². The van der Waals surface area contributed by atoms with Crippen LogP contribution >= 0.6 is 0 Å². The van der Waals surface area contributed by atoms with Gasteiger partial charge >= 0.3 is 23.1 Å². The molecule has 0 aromatic carbocycles. The molecule has 10 nitrogen and oxygen atoms in total. The number of hydrogen-bond acceptors (Lipinski definition) is 10. The predicted molar refractivity (Wildman–Crippen MR) is 118 cm³/mol. The average Bonchev–Trinajstić information content (AvgIpc) is 3.40. The molecular formula is C23H27F4O10S2-. The van der Waals surface area contributed by atoms with Crippen molar-refractivity contribution in [1.29, 1.82) is 0 Å². The molecule has 7 rings (SSSR count). The standard InChI is InChI=1S/C23H28F4O10S2/c24-22(25,23(26,27)39(32,33)34)1-2-35-19(28)15-13-6-14-17(37-38(30,31)18(14)15)16(13)36-20(29)21-7-10-3-11(8-21)5-12(4-10)9-21/h10-18H,1-9H2,(H,32,33,34)/p-1. The Morgan fingerprint density at radius 1 is 0.974 bits per heavy atom. The molecule has 0 N–H and O–H groups in total.